The van der Waals surface area contributed by atoms with Crippen LogP contribution in [0.3, 0.4) is 0 Å². The van der Waals surface area contributed by atoms with Crippen LogP contribution in [0.5, 0.6) is 0 Å². The largest absolute Gasteiger partial charge is 0.412 e. The van der Waals surface area contributed by atoms with E-state index in [0.717, 1.165) is 19.1 Å². The van der Waals surface area contributed by atoms with Gasteiger partial charge in [0, 0.05) is 19.7 Å². The lowest BCUT2D eigenvalue weighted by Gasteiger charge is -2.02. The summed E-state index contributed by atoms with van der Waals surface area (Å²) in [6, 6.07) is 9.88. The maximum atomic E-state index is 6.27. The van der Waals surface area contributed by atoms with Crippen LogP contribution in [-0.4, -0.2) is 9.04 Å². The van der Waals surface area contributed by atoms with Gasteiger partial charge in [-0.05, 0) is 37.4 Å². The molecule has 6 heteroatoms. The summed E-state index contributed by atoms with van der Waals surface area (Å²) in [7, 11) is -0.660. The highest BCUT2D eigenvalue weighted by atomic mass is 35.5. The van der Waals surface area contributed by atoms with Crippen molar-refractivity contribution in [3.8, 4) is 0 Å². The van der Waals surface area contributed by atoms with Crippen molar-refractivity contribution < 1.29 is 4.43 Å². The molecule has 1 nitrogen and oxygen atoms in total. The average Bonchev–Trinajstić information content (AvgIpc) is 2.68. The number of hydrogen-bond acceptors (Lipinski definition) is 3. The lowest BCUT2D eigenvalue weighted by molar-refractivity contribution is 0.318. The summed E-state index contributed by atoms with van der Waals surface area (Å²) in [6.07, 6.45) is 0. The molecular weight excluding hydrogens is 335 g/mol. The maximum absolute atomic E-state index is 6.27. The van der Waals surface area contributed by atoms with Crippen LogP contribution < -0.4 is 0 Å². The van der Waals surface area contributed by atoms with Gasteiger partial charge in [-0.15, -0.1) is 11.3 Å². The van der Waals surface area contributed by atoms with E-state index in [1.807, 2.05) is 24.3 Å². The lowest BCUT2D eigenvalue weighted by atomic mass is 10.4. The predicted octanol–water partition coefficient (Wildman–Crippen LogP) is 5.97. The molecule has 0 saturated carbocycles. The molecule has 0 atom stereocenters. The molecule has 2 rings (SSSR count). The zero-order chi connectivity index (χ0) is 13.8. The van der Waals surface area contributed by atoms with Crippen LogP contribution in [0.2, 0.25) is 22.5 Å². The van der Waals surface area contributed by atoms with Crippen LogP contribution in [0.1, 0.15) is 4.88 Å². The minimum Gasteiger partial charge on any atom is -0.412 e. The average molecular weight is 348 g/mol. The monoisotopic (exact) mass is 347 g/mol. The van der Waals surface area contributed by atoms with Gasteiger partial charge in [-0.1, -0.05) is 41.0 Å². The summed E-state index contributed by atoms with van der Waals surface area (Å²) >= 11 is 15.5. The first-order valence-corrected chi connectivity index (χ1v) is 10.5. The Morgan fingerprint density at radius 2 is 2.05 bits per heavy atom. The molecule has 0 amide bonds. The van der Waals surface area contributed by atoms with Crippen LogP contribution in [0, 0.1) is 0 Å². The van der Waals surface area contributed by atoms with Crippen LogP contribution in [0.15, 0.2) is 40.1 Å². The van der Waals surface area contributed by atoms with E-state index >= 15 is 0 Å². The molecule has 0 fully saturated rings. The van der Waals surface area contributed by atoms with E-state index in [4.69, 9.17) is 27.6 Å². The number of thiophene rings is 1. The van der Waals surface area contributed by atoms with Crippen molar-refractivity contribution in [3.63, 3.8) is 0 Å². The first-order chi connectivity index (χ1) is 9.04. The third kappa shape index (κ3) is 4.81. The Morgan fingerprint density at radius 1 is 1.26 bits per heavy atom. The maximum Gasteiger partial charge on any atom is 0.205 e. The second-order valence-corrected chi connectivity index (χ2v) is 9.50. The molecule has 0 saturated heterocycles. The molecule has 1 aromatic carbocycles. The van der Waals surface area contributed by atoms with E-state index < -0.39 is 9.04 Å². The van der Waals surface area contributed by atoms with Crippen molar-refractivity contribution in [1.29, 1.82) is 0 Å². The van der Waals surface area contributed by atoms with Crippen LogP contribution >= 0.6 is 46.3 Å². The quantitative estimate of drug-likeness (QED) is 0.615. The van der Waals surface area contributed by atoms with Crippen molar-refractivity contribution in [3.05, 3.63) is 44.6 Å². The SMILES string of the molecule is C[Si](C)OCc1cc(Sc2cccc(Cl)c2)c(Cl)s1. The number of benzene rings is 1. The van der Waals surface area contributed by atoms with Crippen molar-refractivity contribution in [1.82, 2.24) is 0 Å². The van der Waals surface area contributed by atoms with Crippen molar-refractivity contribution in [2.45, 2.75) is 29.5 Å². The molecule has 101 valence electrons. The zero-order valence-electron chi connectivity index (χ0n) is 10.6. The smallest absolute Gasteiger partial charge is 0.205 e. The van der Waals surface area contributed by atoms with Gasteiger partial charge in [-0.25, -0.2) is 0 Å². The first kappa shape index (κ1) is 15.4. The Bertz CT molecular complexity index is 557. The standard InChI is InChI=1S/C13H13Cl2OS2Si/c1-19(2)16-8-11-7-12(13(15)18-11)17-10-5-3-4-9(14)6-10/h3-7H,8H2,1-2H3. The highest BCUT2D eigenvalue weighted by Crippen LogP contribution is 2.39. The highest BCUT2D eigenvalue weighted by Gasteiger charge is 2.10. The number of hydrogen-bond donors (Lipinski definition) is 0. The Morgan fingerprint density at radius 3 is 2.74 bits per heavy atom. The summed E-state index contributed by atoms with van der Waals surface area (Å²) in [5.41, 5.74) is 0. The van der Waals surface area contributed by atoms with Crippen molar-refractivity contribution in [2.75, 3.05) is 0 Å². The summed E-state index contributed by atoms with van der Waals surface area (Å²) < 4.78 is 6.50. The molecule has 0 aliphatic heterocycles. The summed E-state index contributed by atoms with van der Waals surface area (Å²) in [4.78, 5) is 3.32. The fraction of sp³-hybridized carbons (Fsp3) is 0.231. The number of halogens is 2. The molecule has 1 radical (unpaired) electrons. The summed E-state index contributed by atoms with van der Waals surface area (Å²) in [6.45, 7) is 4.91. The van der Waals surface area contributed by atoms with Crippen LogP contribution in [0.4, 0.5) is 0 Å². The van der Waals surface area contributed by atoms with Crippen LogP contribution in [0.25, 0.3) is 0 Å². The second-order valence-electron chi connectivity index (χ2n) is 4.11. The van der Waals surface area contributed by atoms with Gasteiger partial charge in [-0.2, -0.15) is 0 Å². The van der Waals surface area contributed by atoms with Gasteiger partial charge in [0.2, 0.25) is 9.04 Å². The van der Waals surface area contributed by atoms with Crippen LogP contribution in [-0.2, 0) is 11.0 Å². The predicted molar refractivity (Wildman–Crippen MR) is 87.2 cm³/mol. The fourth-order valence-corrected chi connectivity index (χ4v) is 4.56. The molecule has 0 unspecified atom stereocenters. The molecule has 0 aliphatic rings. The Kier molecular flexibility index (Phi) is 5.81. The van der Waals surface area contributed by atoms with E-state index in [9.17, 15) is 0 Å². The van der Waals surface area contributed by atoms with E-state index in [1.165, 1.54) is 4.88 Å². The van der Waals surface area contributed by atoms with E-state index in [1.54, 1.807) is 23.1 Å². The summed E-state index contributed by atoms with van der Waals surface area (Å²) in [5.74, 6) is 0. The highest BCUT2D eigenvalue weighted by molar-refractivity contribution is 7.99. The molecule has 2 aromatic rings. The van der Waals surface area contributed by atoms with Gasteiger partial charge in [-0.3, -0.25) is 0 Å². The van der Waals surface area contributed by atoms with Gasteiger partial charge in [0.25, 0.3) is 0 Å². The molecule has 0 bridgehead atoms. The Hall–Kier alpha value is 0.0269. The van der Waals surface area contributed by atoms with Gasteiger partial charge in [0.1, 0.15) is 4.34 Å². The normalized spacial score (nSPS) is 11.2. The zero-order valence-corrected chi connectivity index (χ0v) is 14.7. The van der Waals surface area contributed by atoms with Crippen molar-refractivity contribution >= 4 is 55.3 Å². The molecule has 0 spiro atoms. The molecule has 19 heavy (non-hydrogen) atoms. The van der Waals surface area contributed by atoms with Gasteiger partial charge < -0.3 is 4.43 Å². The molecular formula is C13H13Cl2OS2Si. The lowest BCUT2D eigenvalue weighted by Crippen LogP contribution is -2.06. The third-order valence-electron chi connectivity index (χ3n) is 2.23. The van der Waals surface area contributed by atoms with E-state index in [2.05, 4.69) is 19.2 Å². The second kappa shape index (κ2) is 7.15. The van der Waals surface area contributed by atoms with E-state index in [-0.39, 0.29) is 0 Å². The minimum atomic E-state index is -0.660. The fourth-order valence-electron chi connectivity index (χ4n) is 1.41. The van der Waals surface area contributed by atoms with E-state index in [0.29, 0.717) is 6.61 Å². The summed E-state index contributed by atoms with van der Waals surface area (Å²) in [5, 5.41) is 0.740. The topological polar surface area (TPSA) is 9.23 Å². The number of rotatable bonds is 5. The van der Waals surface area contributed by atoms with Gasteiger partial charge in [0.05, 0.1) is 6.61 Å². The molecule has 1 aromatic heterocycles. The Labute approximate surface area is 133 Å². The van der Waals surface area contributed by atoms with Gasteiger partial charge >= 0.3 is 0 Å². The minimum absolute atomic E-state index is 0.655. The molecule has 1 heterocycles. The van der Waals surface area contributed by atoms with Crippen molar-refractivity contribution in [2.24, 2.45) is 0 Å². The van der Waals surface area contributed by atoms with Gasteiger partial charge in [0.15, 0.2) is 0 Å². The third-order valence-corrected chi connectivity index (χ3v) is 5.80. The molecule has 0 aliphatic carbocycles. The first-order valence-electron chi connectivity index (χ1n) is 5.69. The Balaban J connectivity index is 2.08. The molecule has 0 N–H and O–H groups in total.